The van der Waals surface area contributed by atoms with Gasteiger partial charge in [-0.3, -0.25) is 9.59 Å². The number of rotatable bonds is 10. The Morgan fingerprint density at radius 3 is 2.57 bits per heavy atom. The molecule has 0 aromatic rings. The Balaban J connectivity index is 2.09. The summed E-state index contributed by atoms with van der Waals surface area (Å²) in [7, 11) is 0. The molecule has 6 heteroatoms. The summed E-state index contributed by atoms with van der Waals surface area (Å²) in [6.07, 6.45) is 7.07. The molecule has 0 fully saturated rings. The van der Waals surface area contributed by atoms with Crippen molar-refractivity contribution < 1.29 is 29.6 Å². The van der Waals surface area contributed by atoms with Crippen LogP contribution in [0, 0.1) is 29.6 Å². The number of hydrogen-bond acceptors (Lipinski definition) is 5. The van der Waals surface area contributed by atoms with Crippen LogP contribution in [-0.4, -0.2) is 45.6 Å². The fourth-order valence-electron chi connectivity index (χ4n) is 4.76. The zero-order valence-corrected chi connectivity index (χ0v) is 18.7. The highest BCUT2D eigenvalue weighted by molar-refractivity contribution is 5.72. The van der Waals surface area contributed by atoms with Gasteiger partial charge in [-0.15, -0.1) is 0 Å². The van der Waals surface area contributed by atoms with Crippen molar-refractivity contribution in [1.29, 1.82) is 0 Å². The van der Waals surface area contributed by atoms with Crippen molar-refractivity contribution >= 4 is 11.9 Å². The molecule has 0 radical (unpaired) electrons. The number of esters is 1. The molecule has 0 bridgehead atoms. The standard InChI is InChI=1S/C24H38O6/c1-5-15(3)24(29)30-21-11-14(2)10-17-7-6-16(4)20(23(17)21)9-8-18(25)12-19(26)13-22(27)28/h6-7,10,14-16,18-21,23,25-26H,5,8-9,11-13H2,1-4H3,(H,27,28)/t14-,15+,16-,18+,19+,20-,21+,23-/m1/s1. The second kappa shape index (κ2) is 11.1. The summed E-state index contributed by atoms with van der Waals surface area (Å²) in [4.78, 5) is 23.2. The molecule has 8 atom stereocenters. The zero-order valence-electron chi connectivity index (χ0n) is 18.7. The van der Waals surface area contributed by atoms with Crippen LogP contribution < -0.4 is 0 Å². The lowest BCUT2D eigenvalue weighted by Gasteiger charge is -2.43. The lowest BCUT2D eigenvalue weighted by molar-refractivity contribution is -0.158. The third-order valence-electron chi connectivity index (χ3n) is 6.67. The van der Waals surface area contributed by atoms with E-state index >= 15 is 0 Å². The molecule has 0 unspecified atom stereocenters. The number of aliphatic hydroxyl groups excluding tert-OH is 2. The molecule has 0 aromatic carbocycles. The van der Waals surface area contributed by atoms with Crippen molar-refractivity contribution in [2.75, 3.05) is 0 Å². The molecular weight excluding hydrogens is 384 g/mol. The van der Waals surface area contributed by atoms with Crippen LogP contribution in [0.25, 0.3) is 0 Å². The van der Waals surface area contributed by atoms with E-state index in [0.29, 0.717) is 12.3 Å². The van der Waals surface area contributed by atoms with Gasteiger partial charge in [-0.2, -0.15) is 0 Å². The average Bonchev–Trinajstić information content (AvgIpc) is 2.65. The molecule has 30 heavy (non-hydrogen) atoms. The molecule has 0 saturated carbocycles. The van der Waals surface area contributed by atoms with E-state index in [4.69, 9.17) is 9.84 Å². The predicted molar refractivity (Wildman–Crippen MR) is 115 cm³/mol. The van der Waals surface area contributed by atoms with Crippen molar-refractivity contribution in [3.63, 3.8) is 0 Å². The van der Waals surface area contributed by atoms with Crippen molar-refractivity contribution in [3.05, 3.63) is 23.8 Å². The Bertz CT molecular complexity index is 654. The Morgan fingerprint density at radius 1 is 1.23 bits per heavy atom. The molecule has 0 heterocycles. The highest BCUT2D eigenvalue weighted by Crippen LogP contribution is 2.45. The number of carbonyl (C=O) groups excluding carboxylic acids is 1. The first kappa shape index (κ1) is 24.6. The molecule has 0 saturated heterocycles. The number of carboxylic acid groups (broad SMARTS) is 1. The number of hydrogen-bond donors (Lipinski definition) is 3. The van der Waals surface area contributed by atoms with Gasteiger partial charge in [0.1, 0.15) is 6.10 Å². The number of ether oxygens (including phenoxy) is 1. The number of carbonyl (C=O) groups is 2. The molecule has 0 spiro atoms. The van der Waals surface area contributed by atoms with Gasteiger partial charge in [-0.1, -0.05) is 45.9 Å². The summed E-state index contributed by atoms with van der Waals surface area (Å²) < 4.78 is 6.00. The number of allylic oxidation sites excluding steroid dienone is 3. The van der Waals surface area contributed by atoms with Crippen LogP contribution in [0.5, 0.6) is 0 Å². The maximum atomic E-state index is 12.5. The summed E-state index contributed by atoms with van der Waals surface area (Å²) in [6.45, 7) is 8.16. The van der Waals surface area contributed by atoms with E-state index in [1.807, 2.05) is 13.8 Å². The van der Waals surface area contributed by atoms with Gasteiger partial charge in [0.2, 0.25) is 0 Å². The minimum Gasteiger partial charge on any atom is -0.481 e. The predicted octanol–water partition coefficient (Wildman–Crippen LogP) is 3.72. The third-order valence-corrected chi connectivity index (χ3v) is 6.67. The fraction of sp³-hybridized carbons (Fsp3) is 0.750. The summed E-state index contributed by atoms with van der Waals surface area (Å²) in [6, 6.07) is 0. The molecule has 170 valence electrons. The maximum absolute atomic E-state index is 12.5. The summed E-state index contributed by atoms with van der Waals surface area (Å²) in [5.41, 5.74) is 1.21. The number of carboxylic acids is 1. The first-order valence-electron chi connectivity index (χ1n) is 11.3. The number of aliphatic carboxylic acids is 1. The maximum Gasteiger partial charge on any atom is 0.308 e. The minimum absolute atomic E-state index is 0.0556. The van der Waals surface area contributed by atoms with Crippen LogP contribution in [0.4, 0.5) is 0 Å². The molecule has 3 N–H and O–H groups in total. The van der Waals surface area contributed by atoms with Crippen LogP contribution in [-0.2, 0) is 14.3 Å². The number of fused-ring (bicyclic) bond motifs is 1. The summed E-state index contributed by atoms with van der Waals surface area (Å²) >= 11 is 0. The van der Waals surface area contributed by atoms with Crippen LogP contribution in [0.2, 0.25) is 0 Å². The van der Waals surface area contributed by atoms with Gasteiger partial charge < -0.3 is 20.1 Å². The van der Waals surface area contributed by atoms with Crippen LogP contribution in [0.1, 0.15) is 66.2 Å². The van der Waals surface area contributed by atoms with Gasteiger partial charge in [-0.05, 0) is 55.4 Å². The van der Waals surface area contributed by atoms with E-state index in [1.54, 1.807) is 0 Å². The van der Waals surface area contributed by atoms with Gasteiger partial charge in [0.15, 0.2) is 0 Å². The second-order valence-corrected chi connectivity index (χ2v) is 9.29. The SMILES string of the molecule is CC[C@H](C)C(=O)O[C@H]1C[C@H](C)C=C2C=C[C@@H](C)[C@@H](CC[C@H](O)C[C@H](O)CC(=O)O)[C@@H]21. The highest BCUT2D eigenvalue weighted by atomic mass is 16.5. The minimum atomic E-state index is -1.07. The van der Waals surface area contributed by atoms with E-state index in [2.05, 4.69) is 32.1 Å². The largest absolute Gasteiger partial charge is 0.481 e. The Morgan fingerprint density at radius 2 is 1.93 bits per heavy atom. The van der Waals surface area contributed by atoms with Crippen molar-refractivity contribution in [2.24, 2.45) is 29.6 Å². The molecule has 2 rings (SSSR count). The quantitative estimate of drug-likeness (QED) is 0.464. The van der Waals surface area contributed by atoms with Gasteiger partial charge in [-0.25, -0.2) is 0 Å². The second-order valence-electron chi connectivity index (χ2n) is 9.29. The molecule has 0 amide bonds. The smallest absolute Gasteiger partial charge is 0.308 e. The first-order chi connectivity index (χ1) is 14.1. The van der Waals surface area contributed by atoms with Gasteiger partial charge in [0.25, 0.3) is 0 Å². The van der Waals surface area contributed by atoms with Gasteiger partial charge in [0.05, 0.1) is 24.5 Å². The monoisotopic (exact) mass is 422 g/mol. The first-order valence-corrected chi connectivity index (χ1v) is 11.3. The lowest BCUT2D eigenvalue weighted by atomic mass is 9.65. The fourth-order valence-corrected chi connectivity index (χ4v) is 4.76. The van der Waals surface area contributed by atoms with Crippen LogP contribution >= 0.6 is 0 Å². The average molecular weight is 423 g/mol. The number of aliphatic hydroxyl groups is 2. The molecular formula is C24H38O6. The molecule has 0 aliphatic heterocycles. The molecule has 2 aliphatic carbocycles. The summed E-state index contributed by atoms with van der Waals surface area (Å²) in [5, 5.41) is 28.9. The highest BCUT2D eigenvalue weighted by Gasteiger charge is 2.41. The summed E-state index contributed by atoms with van der Waals surface area (Å²) in [5.74, 6) is -0.406. The Kier molecular flexibility index (Phi) is 9.10. The lowest BCUT2D eigenvalue weighted by Crippen LogP contribution is -2.41. The topological polar surface area (TPSA) is 104 Å². The van der Waals surface area contributed by atoms with Crippen molar-refractivity contribution in [3.8, 4) is 0 Å². The van der Waals surface area contributed by atoms with Crippen molar-refractivity contribution in [2.45, 2.75) is 84.5 Å². The van der Waals surface area contributed by atoms with E-state index in [-0.39, 0.29) is 48.6 Å². The normalized spacial score (nSPS) is 31.3. The van der Waals surface area contributed by atoms with E-state index in [9.17, 15) is 19.8 Å². The van der Waals surface area contributed by atoms with Crippen molar-refractivity contribution in [1.82, 2.24) is 0 Å². The third kappa shape index (κ3) is 6.67. The molecule has 6 nitrogen and oxygen atoms in total. The van der Waals surface area contributed by atoms with Crippen LogP contribution in [0.15, 0.2) is 23.8 Å². The van der Waals surface area contributed by atoms with Gasteiger partial charge >= 0.3 is 11.9 Å². The van der Waals surface area contributed by atoms with E-state index in [0.717, 1.165) is 19.3 Å². The Labute approximate surface area is 180 Å². The molecule has 2 aliphatic rings. The Hall–Kier alpha value is -1.66. The zero-order chi connectivity index (χ0) is 22.4. The molecule has 0 aromatic heterocycles. The van der Waals surface area contributed by atoms with E-state index < -0.39 is 18.2 Å². The van der Waals surface area contributed by atoms with Crippen LogP contribution in [0.3, 0.4) is 0 Å². The van der Waals surface area contributed by atoms with E-state index in [1.165, 1.54) is 5.57 Å². The van der Waals surface area contributed by atoms with Gasteiger partial charge in [0, 0.05) is 5.92 Å².